The molecule has 2 aliphatic rings. The predicted octanol–water partition coefficient (Wildman–Crippen LogP) is 3.89. The van der Waals surface area contributed by atoms with Gasteiger partial charge in [-0.05, 0) is 12.5 Å². The molecule has 2 heterocycles. The van der Waals surface area contributed by atoms with Crippen LogP contribution in [0.5, 0.6) is 0 Å². The van der Waals surface area contributed by atoms with Crippen molar-refractivity contribution in [2.24, 2.45) is 5.16 Å². The van der Waals surface area contributed by atoms with Crippen LogP contribution in [0.1, 0.15) is 26.2 Å². The van der Waals surface area contributed by atoms with E-state index in [2.05, 4.69) is 5.16 Å². The van der Waals surface area contributed by atoms with Crippen molar-refractivity contribution in [3.63, 3.8) is 0 Å². The second-order valence-corrected chi connectivity index (χ2v) is 8.08. The number of aliphatic hydroxyl groups excluding tert-OH is 1. The number of hydrogen-bond acceptors (Lipinski definition) is 7. The van der Waals surface area contributed by atoms with E-state index < -0.39 is 11.6 Å². The fourth-order valence-electron chi connectivity index (χ4n) is 2.56. The monoisotopic (exact) mass is 391 g/mol. The van der Waals surface area contributed by atoms with Crippen molar-refractivity contribution in [1.29, 1.82) is 0 Å². The van der Waals surface area contributed by atoms with Crippen molar-refractivity contribution in [1.82, 2.24) is 0 Å². The van der Waals surface area contributed by atoms with Gasteiger partial charge in [-0.2, -0.15) is 23.5 Å². The van der Waals surface area contributed by atoms with Gasteiger partial charge in [0.1, 0.15) is 23.5 Å². The predicted molar refractivity (Wildman–Crippen MR) is 101 cm³/mol. The minimum Gasteiger partial charge on any atom is -0.511 e. The van der Waals surface area contributed by atoms with Crippen LogP contribution < -0.4 is 0 Å². The molecule has 134 valence electrons. The van der Waals surface area contributed by atoms with E-state index >= 15 is 0 Å². The summed E-state index contributed by atoms with van der Waals surface area (Å²) >= 11 is 8.95. The molecule has 0 aromatic rings. The van der Waals surface area contributed by atoms with Crippen LogP contribution in [0.25, 0.3) is 0 Å². The van der Waals surface area contributed by atoms with E-state index in [0.717, 1.165) is 17.9 Å². The Morgan fingerprint density at radius 2 is 2.17 bits per heavy atom. The first-order valence-electron chi connectivity index (χ1n) is 7.87. The van der Waals surface area contributed by atoms with Gasteiger partial charge in [0.2, 0.25) is 0 Å². The summed E-state index contributed by atoms with van der Waals surface area (Å²) in [6, 6.07) is 0. The molecule has 24 heavy (non-hydrogen) atoms. The molecule has 1 N–H and O–H groups in total. The molecule has 0 unspecified atom stereocenters. The van der Waals surface area contributed by atoms with Gasteiger partial charge >= 0.3 is 5.97 Å². The van der Waals surface area contributed by atoms with E-state index in [1.165, 1.54) is 5.54 Å². The van der Waals surface area contributed by atoms with Gasteiger partial charge in [0.15, 0.2) is 0 Å². The smallest absolute Gasteiger partial charge is 0.344 e. The third-order valence-corrected chi connectivity index (χ3v) is 6.49. The molecule has 0 bridgehead atoms. The maximum Gasteiger partial charge on any atom is 0.344 e. The molecule has 0 amide bonds. The normalized spacial score (nSPS) is 21.9. The molecule has 0 aromatic carbocycles. The van der Waals surface area contributed by atoms with Crippen LogP contribution in [-0.4, -0.2) is 52.0 Å². The number of carbonyl (C=O) groups is 1. The Kier molecular flexibility index (Phi) is 7.84. The Bertz CT molecular complexity index is 540. The van der Waals surface area contributed by atoms with E-state index in [9.17, 15) is 9.90 Å². The van der Waals surface area contributed by atoms with Gasteiger partial charge in [0, 0.05) is 35.0 Å². The highest BCUT2D eigenvalue weighted by Crippen LogP contribution is 2.37. The van der Waals surface area contributed by atoms with Gasteiger partial charge in [-0.1, -0.05) is 30.1 Å². The van der Waals surface area contributed by atoms with E-state index in [-0.39, 0.29) is 17.9 Å². The second-order valence-electron chi connectivity index (χ2n) is 5.62. The van der Waals surface area contributed by atoms with E-state index in [4.69, 9.17) is 21.2 Å². The summed E-state index contributed by atoms with van der Waals surface area (Å²) in [6.45, 7) is 2.18. The van der Waals surface area contributed by atoms with Crippen molar-refractivity contribution in [3.05, 3.63) is 22.9 Å². The second kappa shape index (κ2) is 9.63. The number of thioether (sulfide) groups is 2. The molecule has 1 saturated heterocycles. The highest BCUT2D eigenvalue weighted by molar-refractivity contribution is 8.03. The molecule has 2 aliphatic heterocycles. The molecule has 0 saturated carbocycles. The average molecular weight is 392 g/mol. The highest BCUT2D eigenvalue weighted by Gasteiger charge is 2.43. The molecule has 0 aliphatic carbocycles. The summed E-state index contributed by atoms with van der Waals surface area (Å²) in [5.41, 5.74) is 1.30. The maximum absolute atomic E-state index is 12.6. The lowest BCUT2D eigenvalue weighted by Crippen LogP contribution is -2.45. The molecule has 0 radical (unpaired) electrons. The summed E-state index contributed by atoms with van der Waals surface area (Å²) in [6.07, 6.45) is 3.22. The van der Waals surface area contributed by atoms with Crippen LogP contribution in [-0.2, 0) is 14.4 Å². The molecular weight excluding hydrogens is 370 g/mol. The van der Waals surface area contributed by atoms with Crippen LogP contribution >= 0.6 is 35.1 Å². The zero-order chi connectivity index (χ0) is 17.4. The van der Waals surface area contributed by atoms with Crippen LogP contribution in [0.4, 0.5) is 0 Å². The average Bonchev–Trinajstić information content (AvgIpc) is 2.76. The topological polar surface area (TPSA) is 68.1 Å². The summed E-state index contributed by atoms with van der Waals surface area (Å²) in [4.78, 5) is 17.7. The largest absolute Gasteiger partial charge is 0.511 e. The Morgan fingerprint density at radius 1 is 1.46 bits per heavy atom. The van der Waals surface area contributed by atoms with E-state index in [1.807, 2.05) is 6.92 Å². The van der Waals surface area contributed by atoms with Gasteiger partial charge in [-0.3, -0.25) is 0 Å². The number of nitrogens with zero attached hydrogens (tertiary/aromatic N) is 1. The maximum atomic E-state index is 12.6. The number of esters is 1. The quantitative estimate of drug-likeness (QED) is 0.320. The third-order valence-electron chi connectivity index (χ3n) is 3.60. The van der Waals surface area contributed by atoms with E-state index in [1.54, 1.807) is 29.6 Å². The lowest BCUT2D eigenvalue weighted by atomic mass is 9.93. The minimum atomic E-state index is -0.615. The Morgan fingerprint density at radius 3 is 2.75 bits per heavy atom. The van der Waals surface area contributed by atoms with Crippen LogP contribution in [0.15, 0.2) is 28.1 Å². The van der Waals surface area contributed by atoms with Gasteiger partial charge in [-0.15, -0.1) is 0 Å². The molecule has 5 nitrogen and oxygen atoms in total. The number of rotatable bonds is 6. The number of carbonyl (C=O) groups excluding carboxylic acids is 1. The van der Waals surface area contributed by atoms with Crippen LogP contribution in [0.2, 0.25) is 0 Å². The number of halogens is 1. The first-order chi connectivity index (χ1) is 11.6. The Balaban J connectivity index is 2.21. The lowest BCUT2D eigenvalue weighted by Gasteiger charge is -2.35. The number of aliphatic hydroxyl groups is 1. The van der Waals surface area contributed by atoms with Gasteiger partial charge in [-0.25, -0.2) is 4.79 Å². The summed E-state index contributed by atoms with van der Waals surface area (Å²) in [7, 11) is 0. The number of oxime groups is 1. The first-order valence-corrected chi connectivity index (χ1v) is 10.6. The van der Waals surface area contributed by atoms with Crippen molar-refractivity contribution < 1.29 is 19.5 Å². The lowest BCUT2D eigenvalue weighted by molar-refractivity contribution is -0.152. The highest BCUT2D eigenvalue weighted by atomic mass is 35.5. The van der Waals surface area contributed by atoms with Crippen molar-refractivity contribution in [2.45, 2.75) is 31.8 Å². The molecule has 8 heteroatoms. The Labute approximate surface area is 155 Å². The summed E-state index contributed by atoms with van der Waals surface area (Å²) in [5.74, 6) is 3.03. The number of hydrogen-bond donors (Lipinski definition) is 1. The molecule has 0 atom stereocenters. The van der Waals surface area contributed by atoms with Crippen molar-refractivity contribution in [2.75, 3.05) is 29.6 Å². The molecule has 1 fully saturated rings. The summed E-state index contributed by atoms with van der Waals surface area (Å²) < 4.78 is 5.76. The first kappa shape index (κ1) is 19.5. The van der Waals surface area contributed by atoms with E-state index in [0.29, 0.717) is 30.1 Å². The fourth-order valence-corrected chi connectivity index (χ4v) is 5.27. The zero-order valence-electron chi connectivity index (χ0n) is 13.6. The third kappa shape index (κ3) is 5.10. The molecular formula is C16H22ClNO4S2. The van der Waals surface area contributed by atoms with Gasteiger partial charge < -0.3 is 14.7 Å². The Hall–Kier alpha value is -0.790. The molecule has 0 aromatic heterocycles. The molecule has 2 rings (SSSR count). The van der Waals surface area contributed by atoms with Crippen molar-refractivity contribution >= 4 is 46.8 Å². The SMILES string of the molecule is CCC/C(=N/OC/C=C/Cl)C1=C(O)CC2(CSCCSC2)OC1=O. The van der Waals surface area contributed by atoms with Gasteiger partial charge in [0.25, 0.3) is 0 Å². The zero-order valence-corrected chi connectivity index (χ0v) is 16.0. The molecule has 1 spiro atoms. The minimum absolute atomic E-state index is 0.0537. The number of ether oxygens (including phenoxy) is 1. The standard InChI is InChI=1S/C16H22ClNO4S2/c1-2-4-12(18-21-6-3-5-17)14-13(19)9-16(22-15(14)20)10-23-7-8-24-11-16/h3,5,19H,2,4,6-11H2,1H3/b5-3+,18-12-. The van der Waals surface area contributed by atoms with Crippen LogP contribution in [0.3, 0.4) is 0 Å². The van der Waals surface area contributed by atoms with Gasteiger partial charge in [0.05, 0.1) is 5.71 Å². The fraction of sp³-hybridized carbons (Fsp3) is 0.625. The van der Waals surface area contributed by atoms with Crippen molar-refractivity contribution in [3.8, 4) is 0 Å². The van der Waals surface area contributed by atoms with Crippen LogP contribution in [0, 0.1) is 0 Å². The summed E-state index contributed by atoms with van der Waals surface area (Å²) in [5, 5.41) is 14.5.